The molecule has 1 aliphatic heterocycles. The molecule has 0 atom stereocenters. The molecular formula is C22H27N3O4. The monoisotopic (exact) mass is 397 g/mol. The first-order valence-corrected chi connectivity index (χ1v) is 10.1. The summed E-state index contributed by atoms with van der Waals surface area (Å²) in [6.07, 6.45) is 4.59. The number of hydrogen-bond acceptors (Lipinski definition) is 4. The number of carbonyl (C=O) groups excluding carboxylic acids is 3. The summed E-state index contributed by atoms with van der Waals surface area (Å²) in [5, 5.41) is 2.89. The molecule has 0 spiro atoms. The molecular weight excluding hydrogens is 370 g/mol. The summed E-state index contributed by atoms with van der Waals surface area (Å²) in [5.41, 5.74) is 0.969. The Labute approximate surface area is 170 Å². The second kappa shape index (κ2) is 9.91. The molecule has 0 unspecified atom stereocenters. The van der Waals surface area contributed by atoms with Gasteiger partial charge in [-0.1, -0.05) is 25.8 Å². The molecule has 1 fully saturated rings. The van der Waals surface area contributed by atoms with E-state index < -0.39 is 0 Å². The topological polar surface area (TPSA) is 82.9 Å². The molecule has 2 aromatic rings. The van der Waals surface area contributed by atoms with E-state index >= 15 is 0 Å². The Hall–Kier alpha value is -3.09. The Morgan fingerprint density at radius 1 is 0.931 bits per heavy atom. The fraction of sp³-hybridized carbons (Fsp3) is 0.409. The summed E-state index contributed by atoms with van der Waals surface area (Å²) < 4.78 is 5.16. The molecule has 0 radical (unpaired) electrons. The lowest BCUT2D eigenvalue weighted by Gasteiger charge is -2.34. The van der Waals surface area contributed by atoms with Crippen molar-refractivity contribution in [3.8, 4) is 0 Å². The van der Waals surface area contributed by atoms with E-state index in [0.717, 1.165) is 19.3 Å². The van der Waals surface area contributed by atoms with Crippen LogP contribution in [0.1, 0.15) is 57.5 Å². The summed E-state index contributed by atoms with van der Waals surface area (Å²) in [6.45, 7) is 4.53. The van der Waals surface area contributed by atoms with Crippen LogP contribution in [-0.4, -0.2) is 60.2 Å². The zero-order valence-electron chi connectivity index (χ0n) is 16.7. The summed E-state index contributed by atoms with van der Waals surface area (Å²) in [7, 11) is 0. The van der Waals surface area contributed by atoms with Crippen molar-refractivity contribution in [1.82, 2.24) is 15.1 Å². The van der Waals surface area contributed by atoms with Gasteiger partial charge >= 0.3 is 0 Å². The molecule has 0 bridgehead atoms. The molecule has 7 heteroatoms. The molecule has 29 heavy (non-hydrogen) atoms. The normalized spacial score (nSPS) is 14.0. The van der Waals surface area contributed by atoms with Gasteiger partial charge in [-0.25, -0.2) is 0 Å². The highest BCUT2D eigenvalue weighted by atomic mass is 16.3. The molecule has 154 valence electrons. The van der Waals surface area contributed by atoms with Crippen LogP contribution in [0.3, 0.4) is 0 Å². The van der Waals surface area contributed by atoms with E-state index in [-0.39, 0.29) is 17.7 Å². The van der Waals surface area contributed by atoms with Crippen molar-refractivity contribution < 1.29 is 18.8 Å². The molecule has 0 aliphatic carbocycles. The van der Waals surface area contributed by atoms with Crippen LogP contribution < -0.4 is 5.32 Å². The van der Waals surface area contributed by atoms with Gasteiger partial charge in [-0.05, 0) is 36.8 Å². The van der Waals surface area contributed by atoms with Crippen LogP contribution in [0.5, 0.6) is 0 Å². The number of nitrogens with zero attached hydrogens (tertiary/aromatic N) is 2. The molecule has 2 heterocycles. The van der Waals surface area contributed by atoms with Gasteiger partial charge in [-0.3, -0.25) is 14.4 Å². The fourth-order valence-electron chi connectivity index (χ4n) is 3.32. The number of rotatable bonds is 7. The predicted octanol–water partition coefficient (Wildman–Crippen LogP) is 2.80. The zero-order chi connectivity index (χ0) is 20.6. The van der Waals surface area contributed by atoms with Crippen LogP contribution in [0.2, 0.25) is 0 Å². The molecule has 3 rings (SSSR count). The third kappa shape index (κ3) is 5.25. The number of amides is 3. The van der Waals surface area contributed by atoms with Gasteiger partial charge in [0.05, 0.1) is 6.26 Å². The van der Waals surface area contributed by atoms with Crippen LogP contribution in [0, 0.1) is 0 Å². The molecule has 1 saturated heterocycles. The lowest BCUT2D eigenvalue weighted by atomic mass is 10.1. The van der Waals surface area contributed by atoms with Crippen LogP contribution in [0.4, 0.5) is 0 Å². The van der Waals surface area contributed by atoms with Crippen molar-refractivity contribution in [2.45, 2.75) is 26.2 Å². The fourth-order valence-corrected chi connectivity index (χ4v) is 3.32. The molecule has 1 aliphatic rings. The maximum Gasteiger partial charge on any atom is 0.289 e. The van der Waals surface area contributed by atoms with Crippen LogP contribution in [0.15, 0.2) is 47.1 Å². The average Bonchev–Trinajstić information content (AvgIpc) is 3.31. The molecule has 1 aromatic carbocycles. The summed E-state index contributed by atoms with van der Waals surface area (Å²) in [4.78, 5) is 40.9. The van der Waals surface area contributed by atoms with Crippen molar-refractivity contribution in [3.63, 3.8) is 0 Å². The van der Waals surface area contributed by atoms with E-state index in [2.05, 4.69) is 12.2 Å². The van der Waals surface area contributed by atoms with Crippen molar-refractivity contribution in [2.24, 2.45) is 0 Å². The highest BCUT2D eigenvalue weighted by Gasteiger charge is 2.26. The van der Waals surface area contributed by atoms with Crippen LogP contribution in [0.25, 0.3) is 0 Å². The van der Waals surface area contributed by atoms with Crippen molar-refractivity contribution >= 4 is 17.7 Å². The molecule has 0 saturated carbocycles. The first kappa shape index (κ1) is 20.6. The average molecular weight is 397 g/mol. The van der Waals surface area contributed by atoms with E-state index in [0.29, 0.717) is 49.6 Å². The van der Waals surface area contributed by atoms with Gasteiger partial charge in [-0.15, -0.1) is 0 Å². The third-order valence-electron chi connectivity index (χ3n) is 5.02. The number of piperazine rings is 1. The zero-order valence-corrected chi connectivity index (χ0v) is 16.7. The van der Waals surface area contributed by atoms with E-state index in [4.69, 9.17) is 4.42 Å². The van der Waals surface area contributed by atoms with Gasteiger partial charge < -0.3 is 19.5 Å². The minimum Gasteiger partial charge on any atom is -0.459 e. The van der Waals surface area contributed by atoms with Gasteiger partial charge in [-0.2, -0.15) is 0 Å². The summed E-state index contributed by atoms with van der Waals surface area (Å²) >= 11 is 0. The number of hydrogen-bond donors (Lipinski definition) is 1. The maximum absolute atomic E-state index is 12.9. The van der Waals surface area contributed by atoms with Gasteiger partial charge in [0.15, 0.2) is 5.76 Å². The van der Waals surface area contributed by atoms with E-state index in [1.165, 1.54) is 6.26 Å². The Balaban J connectivity index is 1.55. The lowest BCUT2D eigenvalue weighted by Crippen LogP contribution is -2.50. The van der Waals surface area contributed by atoms with Gasteiger partial charge in [0.25, 0.3) is 17.7 Å². The standard InChI is InChI=1S/C22H27N3O4/c1-2-3-4-10-23-20(26)17-7-5-8-18(16-17)21(27)24-11-13-25(14-12-24)22(28)19-9-6-15-29-19/h5-9,15-16H,2-4,10-14H2,1H3,(H,23,26). The third-order valence-corrected chi connectivity index (χ3v) is 5.02. The lowest BCUT2D eigenvalue weighted by molar-refractivity contribution is 0.0518. The summed E-state index contributed by atoms with van der Waals surface area (Å²) in [5.74, 6) is -0.147. The smallest absolute Gasteiger partial charge is 0.289 e. The van der Waals surface area contributed by atoms with E-state index in [1.54, 1.807) is 46.2 Å². The van der Waals surface area contributed by atoms with Gasteiger partial charge in [0.2, 0.25) is 0 Å². The molecule has 3 amide bonds. The summed E-state index contributed by atoms with van der Waals surface area (Å²) in [6, 6.07) is 10.1. The minimum atomic E-state index is -0.163. The second-order valence-corrected chi connectivity index (χ2v) is 7.11. The Kier molecular flexibility index (Phi) is 7.05. The Morgan fingerprint density at radius 2 is 1.62 bits per heavy atom. The SMILES string of the molecule is CCCCCNC(=O)c1cccc(C(=O)N2CCN(C(=O)c3ccco3)CC2)c1. The maximum atomic E-state index is 12.9. The van der Waals surface area contributed by atoms with Crippen molar-refractivity contribution in [2.75, 3.05) is 32.7 Å². The van der Waals surface area contributed by atoms with E-state index in [1.807, 2.05) is 0 Å². The highest BCUT2D eigenvalue weighted by Crippen LogP contribution is 2.13. The molecule has 1 aromatic heterocycles. The van der Waals surface area contributed by atoms with Crippen molar-refractivity contribution in [1.29, 1.82) is 0 Å². The Morgan fingerprint density at radius 3 is 2.28 bits per heavy atom. The number of nitrogens with one attached hydrogen (secondary N) is 1. The number of benzene rings is 1. The number of furan rings is 1. The number of unbranched alkanes of at least 4 members (excludes halogenated alkanes) is 2. The predicted molar refractivity (Wildman–Crippen MR) is 109 cm³/mol. The first-order chi connectivity index (χ1) is 14.1. The van der Waals surface area contributed by atoms with Crippen LogP contribution in [-0.2, 0) is 0 Å². The quantitative estimate of drug-likeness (QED) is 0.729. The van der Waals surface area contributed by atoms with Crippen LogP contribution >= 0.6 is 0 Å². The molecule has 7 nitrogen and oxygen atoms in total. The molecule has 1 N–H and O–H groups in total. The van der Waals surface area contributed by atoms with Gasteiger partial charge in [0, 0.05) is 43.9 Å². The van der Waals surface area contributed by atoms with E-state index in [9.17, 15) is 14.4 Å². The number of carbonyl (C=O) groups is 3. The minimum absolute atomic E-state index is 0.129. The highest BCUT2D eigenvalue weighted by molar-refractivity contribution is 5.99. The largest absolute Gasteiger partial charge is 0.459 e. The van der Waals surface area contributed by atoms with Crippen molar-refractivity contribution in [3.05, 3.63) is 59.5 Å². The van der Waals surface area contributed by atoms with Gasteiger partial charge in [0.1, 0.15) is 0 Å². The Bertz CT molecular complexity index is 840. The second-order valence-electron chi connectivity index (χ2n) is 7.11. The first-order valence-electron chi connectivity index (χ1n) is 10.1.